The van der Waals surface area contributed by atoms with Crippen molar-refractivity contribution in [2.24, 2.45) is 0 Å². The number of nitrogens with one attached hydrogen (secondary N) is 1. The third-order valence-electron chi connectivity index (χ3n) is 4.91. The van der Waals surface area contributed by atoms with Crippen LogP contribution in [0.1, 0.15) is 12.0 Å². The Labute approximate surface area is 172 Å². The summed E-state index contributed by atoms with van der Waals surface area (Å²) >= 11 is 0. The van der Waals surface area contributed by atoms with Crippen molar-refractivity contribution < 1.29 is 22.6 Å². The Morgan fingerprint density at radius 3 is 2.41 bits per heavy atom. The summed E-state index contributed by atoms with van der Waals surface area (Å²) in [6.45, 7) is 3.70. The van der Waals surface area contributed by atoms with Crippen molar-refractivity contribution in [3.8, 4) is 11.5 Å². The van der Waals surface area contributed by atoms with Crippen molar-refractivity contribution in [1.29, 1.82) is 0 Å². The molecule has 3 rings (SSSR count). The Bertz CT molecular complexity index is 894. The van der Waals surface area contributed by atoms with Crippen LogP contribution in [0.15, 0.2) is 47.4 Å². The van der Waals surface area contributed by atoms with Crippen LogP contribution >= 0.6 is 0 Å². The number of aryl methyl sites for hydroxylation is 1. The summed E-state index contributed by atoms with van der Waals surface area (Å²) in [5.41, 5.74) is 2.38. The van der Waals surface area contributed by atoms with E-state index in [0.29, 0.717) is 18.7 Å². The van der Waals surface area contributed by atoms with Gasteiger partial charge in [0.25, 0.3) is 0 Å². The largest absolute Gasteiger partial charge is 0.497 e. The fourth-order valence-electron chi connectivity index (χ4n) is 3.27. The molecule has 8 heteroatoms. The van der Waals surface area contributed by atoms with Crippen LogP contribution in [0, 0.1) is 0 Å². The molecule has 2 aromatic rings. The quantitative estimate of drug-likeness (QED) is 0.628. The van der Waals surface area contributed by atoms with Crippen molar-refractivity contribution in [2.75, 3.05) is 52.0 Å². The number of benzene rings is 2. The van der Waals surface area contributed by atoms with Crippen LogP contribution < -0.4 is 19.1 Å². The van der Waals surface area contributed by atoms with Gasteiger partial charge in [0.15, 0.2) is 0 Å². The summed E-state index contributed by atoms with van der Waals surface area (Å²) in [5.74, 6) is 0.803. The zero-order valence-corrected chi connectivity index (χ0v) is 17.7. The minimum absolute atomic E-state index is 0.107. The molecule has 1 fully saturated rings. The van der Waals surface area contributed by atoms with Gasteiger partial charge >= 0.3 is 0 Å². The van der Waals surface area contributed by atoms with Crippen LogP contribution in [0.3, 0.4) is 0 Å². The summed E-state index contributed by atoms with van der Waals surface area (Å²) in [6.07, 6.45) is 1.50. The van der Waals surface area contributed by atoms with Crippen LogP contribution in [-0.4, -0.2) is 55.5 Å². The molecule has 29 heavy (non-hydrogen) atoms. The minimum Gasteiger partial charge on any atom is -0.497 e. The second kappa shape index (κ2) is 9.96. The van der Waals surface area contributed by atoms with Gasteiger partial charge in [0, 0.05) is 31.4 Å². The van der Waals surface area contributed by atoms with E-state index < -0.39 is 10.0 Å². The van der Waals surface area contributed by atoms with Crippen LogP contribution in [0.5, 0.6) is 11.5 Å². The Morgan fingerprint density at radius 1 is 1.03 bits per heavy atom. The van der Waals surface area contributed by atoms with Gasteiger partial charge in [-0.25, -0.2) is 13.1 Å². The molecule has 7 nitrogen and oxygen atoms in total. The maximum Gasteiger partial charge on any atom is 0.244 e. The van der Waals surface area contributed by atoms with Crippen molar-refractivity contribution in [1.82, 2.24) is 4.72 Å². The van der Waals surface area contributed by atoms with E-state index in [1.54, 1.807) is 12.1 Å². The summed E-state index contributed by atoms with van der Waals surface area (Å²) < 4.78 is 43.5. The number of hydrogen-bond acceptors (Lipinski definition) is 6. The smallest absolute Gasteiger partial charge is 0.244 e. The highest BCUT2D eigenvalue weighted by Crippen LogP contribution is 2.28. The van der Waals surface area contributed by atoms with Crippen molar-refractivity contribution >= 4 is 15.7 Å². The molecule has 1 aliphatic heterocycles. The summed E-state index contributed by atoms with van der Waals surface area (Å²) in [6, 6.07) is 13.1. The lowest BCUT2D eigenvalue weighted by molar-refractivity contribution is 0.122. The first-order chi connectivity index (χ1) is 14.0. The van der Waals surface area contributed by atoms with Crippen molar-refractivity contribution in [3.63, 3.8) is 0 Å². The van der Waals surface area contributed by atoms with E-state index in [4.69, 9.17) is 14.2 Å². The molecule has 0 radical (unpaired) electrons. The molecular weight excluding hydrogens is 392 g/mol. The molecule has 0 saturated carbocycles. The average Bonchev–Trinajstić information content (AvgIpc) is 2.77. The molecule has 0 spiro atoms. The Balaban J connectivity index is 1.52. The lowest BCUT2D eigenvalue weighted by atomic mass is 10.1. The number of ether oxygens (including phenoxy) is 3. The standard InChI is InChI=1S/C21H28N2O5S/c1-26-19-9-10-21(20(16-19)27-2)29(24,25)22-11-3-4-17-5-7-18(8-6-17)23-12-14-28-15-13-23/h5-10,16,22H,3-4,11-15H2,1-2H3. The number of morpholine rings is 1. The van der Waals surface area contributed by atoms with E-state index in [0.717, 1.165) is 32.7 Å². The molecule has 1 N–H and O–H groups in total. The molecule has 158 valence electrons. The van der Waals surface area contributed by atoms with E-state index in [9.17, 15) is 8.42 Å². The van der Waals surface area contributed by atoms with E-state index in [1.807, 2.05) is 0 Å². The molecule has 1 heterocycles. The van der Waals surface area contributed by atoms with Crippen LogP contribution in [-0.2, 0) is 21.2 Å². The minimum atomic E-state index is -3.65. The first-order valence-corrected chi connectivity index (χ1v) is 11.1. The van der Waals surface area contributed by atoms with Gasteiger partial charge < -0.3 is 19.1 Å². The number of hydrogen-bond donors (Lipinski definition) is 1. The number of sulfonamides is 1. The third-order valence-corrected chi connectivity index (χ3v) is 6.41. The molecule has 0 amide bonds. The first kappa shape index (κ1) is 21.4. The molecule has 1 aliphatic rings. The van der Waals surface area contributed by atoms with Gasteiger partial charge in [0.05, 0.1) is 27.4 Å². The maximum atomic E-state index is 12.6. The van der Waals surface area contributed by atoms with Crippen LogP contribution in [0.25, 0.3) is 0 Å². The van der Waals surface area contributed by atoms with Gasteiger partial charge in [-0.2, -0.15) is 0 Å². The molecule has 0 aliphatic carbocycles. The van der Waals surface area contributed by atoms with Crippen LogP contribution in [0.4, 0.5) is 5.69 Å². The molecule has 2 aromatic carbocycles. The predicted octanol–water partition coefficient (Wildman–Crippen LogP) is 2.45. The second-order valence-electron chi connectivity index (χ2n) is 6.78. The zero-order chi connectivity index (χ0) is 20.7. The second-order valence-corrected chi connectivity index (χ2v) is 8.52. The summed E-state index contributed by atoms with van der Waals surface area (Å²) in [4.78, 5) is 2.42. The number of rotatable bonds is 9. The Morgan fingerprint density at radius 2 is 1.76 bits per heavy atom. The van der Waals surface area contributed by atoms with Crippen molar-refractivity contribution in [3.05, 3.63) is 48.0 Å². The highest BCUT2D eigenvalue weighted by molar-refractivity contribution is 7.89. The van der Waals surface area contributed by atoms with E-state index in [1.165, 1.54) is 31.5 Å². The summed E-state index contributed by atoms with van der Waals surface area (Å²) in [7, 11) is -0.691. The lowest BCUT2D eigenvalue weighted by Crippen LogP contribution is -2.36. The van der Waals surface area contributed by atoms with Crippen LogP contribution in [0.2, 0.25) is 0 Å². The molecule has 1 saturated heterocycles. The van der Waals surface area contributed by atoms with Gasteiger partial charge in [-0.05, 0) is 42.7 Å². The SMILES string of the molecule is COc1ccc(S(=O)(=O)NCCCc2ccc(N3CCOCC3)cc2)c(OC)c1. The topological polar surface area (TPSA) is 77.1 Å². The number of anilines is 1. The third kappa shape index (κ3) is 5.62. The number of nitrogens with zero attached hydrogens (tertiary/aromatic N) is 1. The monoisotopic (exact) mass is 420 g/mol. The highest BCUT2D eigenvalue weighted by atomic mass is 32.2. The fourth-order valence-corrected chi connectivity index (χ4v) is 4.49. The van der Waals surface area contributed by atoms with Gasteiger partial charge in [0.1, 0.15) is 16.4 Å². The van der Waals surface area contributed by atoms with Gasteiger partial charge in [-0.1, -0.05) is 12.1 Å². The summed E-state index contributed by atoms with van der Waals surface area (Å²) in [5, 5.41) is 0. The molecule has 0 atom stereocenters. The van der Waals surface area contributed by atoms with Gasteiger partial charge in [0.2, 0.25) is 10.0 Å². The number of methoxy groups -OCH3 is 2. The zero-order valence-electron chi connectivity index (χ0n) is 16.9. The molecule has 0 unspecified atom stereocenters. The van der Waals surface area contributed by atoms with E-state index in [2.05, 4.69) is 33.9 Å². The normalized spacial score (nSPS) is 14.6. The van der Waals surface area contributed by atoms with Gasteiger partial charge in [-0.15, -0.1) is 0 Å². The van der Waals surface area contributed by atoms with E-state index in [-0.39, 0.29) is 10.6 Å². The van der Waals surface area contributed by atoms with Gasteiger partial charge in [-0.3, -0.25) is 0 Å². The highest BCUT2D eigenvalue weighted by Gasteiger charge is 2.19. The maximum absolute atomic E-state index is 12.6. The molecular formula is C21H28N2O5S. The average molecular weight is 421 g/mol. The lowest BCUT2D eigenvalue weighted by Gasteiger charge is -2.28. The Hall–Kier alpha value is -2.29. The van der Waals surface area contributed by atoms with Crippen molar-refractivity contribution in [2.45, 2.75) is 17.7 Å². The molecule has 0 bridgehead atoms. The first-order valence-electron chi connectivity index (χ1n) is 9.67. The predicted molar refractivity (Wildman–Crippen MR) is 113 cm³/mol. The fraction of sp³-hybridized carbons (Fsp3) is 0.429. The Kier molecular flexibility index (Phi) is 7.35. The van der Waals surface area contributed by atoms with E-state index >= 15 is 0 Å². The molecule has 0 aromatic heterocycles.